The minimum absolute atomic E-state index is 0.298. The van der Waals surface area contributed by atoms with E-state index in [0.717, 1.165) is 42.4 Å². The predicted molar refractivity (Wildman–Crippen MR) is 109 cm³/mol. The van der Waals surface area contributed by atoms with Crippen molar-refractivity contribution in [3.05, 3.63) is 41.2 Å². The van der Waals surface area contributed by atoms with Crippen molar-refractivity contribution in [2.45, 2.75) is 72.1 Å². The number of nitrogens with zero attached hydrogens (tertiary/aromatic N) is 3. The number of oxazole rings is 1. The summed E-state index contributed by atoms with van der Waals surface area (Å²) in [7, 11) is 0. The number of rotatable bonds is 7. The van der Waals surface area contributed by atoms with E-state index in [0.29, 0.717) is 31.0 Å². The first-order valence-electron chi connectivity index (χ1n) is 10.2. The lowest BCUT2D eigenvalue weighted by molar-refractivity contribution is 0.148. The molecule has 1 saturated carbocycles. The molecule has 0 aliphatic heterocycles. The number of aliphatic imine (C=N–C) groups is 1. The van der Waals surface area contributed by atoms with Gasteiger partial charge in [0.15, 0.2) is 5.96 Å². The Balaban J connectivity index is 1.57. The first-order valence-corrected chi connectivity index (χ1v) is 10.2. The molecule has 28 heavy (non-hydrogen) atoms. The maximum atomic E-state index is 6.06. The molecule has 0 aromatic carbocycles. The summed E-state index contributed by atoms with van der Waals surface area (Å²) in [6.45, 7) is 7.72. The summed E-state index contributed by atoms with van der Waals surface area (Å²) in [5.41, 5.74) is 1.99. The van der Waals surface area contributed by atoms with E-state index in [1.807, 2.05) is 32.9 Å². The number of aryl methyl sites for hydroxylation is 2. The fraction of sp³-hybridized carbons (Fsp3) is 0.571. The lowest BCUT2D eigenvalue weighted by Gasteiger charge is -2.22. The fourth-order valence-electron chi connectivity index (χ4n) is 3.25. The van der Waals surface area contributed by atoms with Gasteiger partial charge in [-0.1, -0.05) is 6.42 Å². The van der Waals surface area contributed by atoms with Gasteiger partial charge >= 0.3 is 0 Å². The molecule has 152 valence electrons. The van der Waals surface area contributed by atoms with Gasteiger partial charge in [0.2, 0.25) is 11.8 Å². The Kier molecular flexibility index (Phi) is 7.28. The van der Waals surface area contributed by atoms with Crippen LogP contribution in [0.25, 0.3) is 0 Å². The molecule has 7 heteroatoms. The number of pyridine rings is 1. The van der Waals surface area contributed by atoms with E-state index in [2.05, 4.69) is 25.6 Å². The van der Waals surface area contributed by atoms with Crippen molar-refractivity contribution in [3.63, 3.8) is 0 Å². The molecule has 0 amide bonds. The number of hydrogen-bond donors (Lipinski definition) is 2. The van der Waals surface area contributed by atoms with Gasteiger partial charge in [0.05, 0.1) is 18.8 Å². The van der Waals surface area contributed by atoms with Crippen molar-refractivity contribution in [1.29, 1.82) is 0 Å². The minimum atomic E-state index is 0.298. The molecular formula is C21H31N5O2. The molecule has 0 saturated heterocycles. The summed E-state index contributed by atoms with van der Waals surface area (Å²) in [6, 6.07) is 3.96. The van der Waals surface area contributed by atoms with Crippen LogP contribution >= 0.6 is 0 Å². The van der Waals surface area contributed by atoms with E-state index in [1.165, 1.54) is 19.3 Å². The number of guanidine groups is 1. The molecule has 2 heterocycles. The van der Waals surface area contributed by atoms with Gasteiger partial charge in [-0.2, -0.15) is 0 Å². The van der Waals surface area contributed by atoms with E-state index >= 15 is 0 Å². The monoisotopic (exact) mass is 385 g/mol. The normalized spacial score (nSPS) is 15.5. The van der Waals surface area contributed by atoms with E-state index in [9.17, 15) is 0 Å². The van der Waals surface area contributed by atoms with Crippen molar-refractivity contribution in [2.24, 2.45) is 4.99 Å². The topological polar surface area (TPSA) is 84.6 Å². The highest BCUT2D eigenvalue weighted by Crippen LogP contribution is 2.22. The molecule has 3 rings (SSSR count). The molecule has 0 unspecified atom stereocenters. The van der Waals surface area contributed by atoms with Crippen molar-refractivity contribution in [3.8, 4) is 5.88 Å². The van der Waals surface area contributed by atoms with Crippen LogP contribution in [0.5, 0.6) is 5.88 Å². The molecule has 0 radical (unpaired) electrons. The molecule has 0 atom stereocenters. The largest absolute Gasteiger partial charge is 0.474 e. The summed E-state index contributed by atoms with van der Waals surface area (Å²) in [6.07, 6.45) is 8.14. The van der Waals surface area contributed by atoms with Gasteiger partial charge in [-0.25, -0.2) is 15.0 Å². The average Bonchev–Trinajstić information content (AvgIpc) is 3.03. The van der Waals surface area contributed by atoms with Gasteiger partial charge in [-0.05, 0) is 58.1 Å². The van der Waals surface area contributed by atoms with Gasteiger partial charge in [-0.15, -0.1) is 0 Å². The number of aromatic nitrogens is 2. The van der Waals surface area contributed by atoms with E-state index in [-0.39, 0.29) is 0 Å². The first kappa shape index (κ1) is 20.2. The Morgan fingerprint density at radius 3 is 2.79 bits per heavy atom. The van der Waals surface area contributed by atoms with E-state index < -0.39 is 0 Å². The molecule has 0 bridgehead atoms. The van der Waals surface area contributed by atoms with Gasteiger partial charge in [-0.3, -0.25) is 0 Å². The third-order valence-electron chi connectivity index (χ3n) is 4.88. The summed E-state index contributed by atoms with van der Waals surface area (Å²) in [5.74, 6) is 2.93. The Bertz CT molecular complexity index is 761. The zero-order valence-electron chi connectivity index (χ0n) is 17.1. The highest BCUT2D eigenvalue weighted by Gasteiger charge is 2.15. The Morgan fingerprint density at radius 2 is 2.07 bits per heavy atom. The van der Waals surface area contributed by atoms with Crippen molar-refractivity contribution in [1.82, 2.24) is 20.6 Å². The van der Waals surface area contributed by atoms with Crippen LogP contribution in [0.2, 0.25) is 0 Å². The second-order valence-electron chi connectivity index (χ2n) is 7.18. The van der Waals surface area contributed by atoms with Gasteiger partial charge in [0.1, 0.15) is 11.9 Å². The quantitative estimate of drug-likeness (QED) is 0.559. The minimum Gasteiger partial charge on any atom is -0.474 e. The van der Waals surface area contributed by atoms with E-state index in [4.69, 9.17) is 9.15 Å². The second-order valence-corrected chi connectivity index (χ2v) is 7.18. The lowest BCUT2D eigenvalue weighted by atomic mass is 9.98. The standard InChI is InChI=1S/C21H31N5O2/c1-4-22-21(25-14-20-26-15(2)16(3)27-20)24-13-17-10-11-23-19(12-17)28-18-8-6-5-7-9-18/h10-12,18H,4-9,13-14H2,1-3H3,(H2,22,24,25). The third-order valence-corrected chi connectivity index (χ3v) is 4.88. The van der Waals surface area contributed by atoms with Crippen LogP contribution < -0.4 is 15.4 Å². The molecule has 2 N–H and O–H groups in total. The smallest absolute Gasteiger partial charge is 0.214 e. The zero-order chi connectivity index (χ0) is 19.8. The second kappa shape index (κ2) is 10.1. The Hall–Kier alpha value is -2.57. The maximum absolute atomic E-state index is 6.06. The highest BCUT2D eigenvalue weighted by atomic mass is 16.5. The maximum Gasteiger partial charge on any atom is 0.214 e. The summed E-state index contributed by atoms with van der Waals surface area (Å²) < 4.78 is 11.7. The zero-order valence-corrected chi connectivity index (χ0v) is 17.1. The fourth-order valence-corrected chi connectivity index (χ4v) is 3.25. The van der Waals surface area contributed by atoms with Crippen molar-refractivity contribution >= 4 is 5.96 Å². The van der Waals surface area contributed by atoms with Gasteiger partial charge in [0.25, 0.3) is 0 Å². The van der Waals surface area contributed by atoms with Crippen LogP contribution in [0.15, 0.2) is 27.7 Å². The molecule has 0 spiro atoms. The third kappa shape index (κ3) is 5.97. The SMILES string of the molecule is CCNC(=NCc1ccnc(OC2CCCCC2)c1)NCc1nc(C)c(C)o1. The molecule has 1 fully saturated rings. The number of nitrogens with one attached hydrogen (secondary N) is 2. The van der Waals surface area contributed by atoms with Crippen LogP contribution in [0, 0.1) is 13.8 Å². The summed E-state index contributed by atoms with van der Waals surface area (Å²) in [4.78, 5) is 13.4. The Labute approximate surface area is 167 Å². The van der Waals surface area contributed by atoms with Crippen LogP contribution in [0.4, 0.5) is 0 Å². The molecule has 2 aromatic heterocycles. The molecular weight excluding hydrogens is 354 g/mol. The molecule has 1 aliphatic carbocycles. The molecule has 1 aliphatic rings. The number of ether oxygens (including phenoxy) is 1. The first-order chi connectivity index (χ1) is 13.6. The Morgan fingerprint density at radius 1 is 1.25 bits per heavy atom. The van der Waals surface area contributed by atoms with E-state index in [1.54, 1.807) is 6.20 Å². The van der Waals surface area contributed by atoms with Crippen LogP contribution in [0.3, 0.4) is 0 Å². The van der Waals surface area contributed by atoms with Crippen molar-refractivity contribution < 1.29 is 9.15 Å². The average molecular weight is 386 g/mol. The lowest BCUT2D eigenvalue weighted by Crippen LogP contribution is -2.36. The van der Waals surface area contributed by atoms with Gasteiger partial charge in [0, 0.05) is 18.8 Å². The van der Waals surface area contributed by atoms with Crippen LogP contribution in [0.1, 0.15) is 61.9 Å². The predicted octanol–water partition coefficient (Wildman–Crippen LogP) is 3.65. The molecule has 2 aromatic rings. The highest BCUT2D eigenvalue weighted by molar-refractivity contribution is 5.79. The van der Waals surface area contributed by atoms with Gasteiger partial charge < -0.3 is 19.8 Å². The number of hydrogen-bond acceptors (Lipinski definition) is 5. The summed E-state index contributed by atoms with van der Waals surface area (Å²) in [5, 5.41) is 6.51. The summed E-state index contributed by atoms with van der Waals surface area (Å²) >= 11 is 0. The van der Waals surface area contributed by atoms with Crippen LogP contribution in [-0.4, -0.2) is 28.6 Å². The van der Waals surface area contributed by atoms with Crippen molar-refractivity contribution in [2.75, 3.05) is 6.54 Å². The van der Waals surface area contributed by atoms with Crippen LogP contribution in [-0.2, 0) is 13.1 Å². The molecule has 7 nitrogen and oxygen atoms in total.